The molecular formula is C18H14BrFN4O. The highest BCUT2D eigenvalue weighted by atomic mass is 79.9. The minimum Gasteiger partial charge on any atom is -0.349 e. The Balaban J connectivity index is 1.50. The molecule has 0 spiro atoms. The maximum atomic E-state index is 13.7. The van der Waals surface area contributed by atoms with E-state index in [1.807, 2.05) is 6.07 Å². The molecule has 1 N–H and O–H groups in total. The zero-order valence-corrected chi connectivity index (χ0v) is 14.6. The number of carbonyl (C=O) groups is 1. The molecule has 3 aromatic rings. The molecule has 1 aromatic carbocycles. The van der Waals surface area contributed by atoms with Crippen molar-refractivity contribution in [1.29, 1.82) is 0 Å². The van der Waals surface area contributed by atoms with Crippen LogP contribution in [0.15, 0.2) is 59.5 Å². The van der Waals surface area contributed by atoms with Crippen LogP contribution in [0.4, 0.5) is 4.39 Å². The molecule has 0 saturated heterocycles. The van der Waals surface area contributed by atoms with Crippen molar-refractivity contribution >= 4 is 21.8 Å². The fourth-order valence-electron chi connectivity index (χ4n) is 2.86. The number of pyridine rings is 1. The van der Waals surface area contributed by atoms with Gasteiger partial charge >= 0.3 is 0 Å². The number of halogens is 2. The van der Waals surface area contributed by atoms with Crippen molar-refractivity contribution in [3.05, 3.63) is 76.4 Å². The monoisotopic (exact) mass is 400 g/mol. The standard InChI is InChI=1S/C18H14BrFN4O/c19-14-5-4-11(9-15(14)20)13-10-16(13)23-18(25)12-3-1-6-21-17(12)24-8-2-7-22-24/h1-9,13,16H,10H2,(H,23,25)/t13-,16+/m0/s1. The van der Waals surface area contributed by atoms with Gasteiger partial charge in [-0.15, -0.1) is 0 Å². The number of nitrogens with zero attached hydrogens (tertiary/aromatic N) is 3. The summed E-state index contributed by atoms with van der Waals surface area (Å²) >= 11 is 3.15. The Morgan fingerprint density at radius 1 is 1.28 bits per heavy atom. The first-order chi connectivity index (χ1) is 12.1. The first-order valence-corrected chi connectivity index (χ1v) is 8.63. The highest BCUT2D eigenvalue weighted by molar-refractivity contribution is 9.10. The molecule has 126 valence electrons. The van der Waals surface area contributed by atoms with Crippen LogP contribution in [-0.4, -0.2) is 26.7 Å². The summed E-state index contributed by atoms with van der Waals surface area (Å²) in [4.78, 5) is 16.9. The van der Waals surface area contributed by atoms with Crippen LogP contribution in [0.5, 0.6) is 0 Å². The molecule has 5 nitrogen and oxygen atoms in total. The van der Waals surface area contributed by atoms with Crippen LogP contribution in [0.1, 0.15) is 28.3 Å². The summed E-state index contributed by atoms with van der Waals surface area (Å²) in [5, 5.41) is 7.13. The zero-order chi connectivity index (χ0) is 17.4. The van der Waals surface area contributed by atoms with Crippen LogP contribution in [0.2, 0.25) is 0 Å². The Kier molecular flexibility index (Phi) is 4.09. The second-order valence-corrected chi connectivity index (χ2v) is 6.78. The molecule has 1 amide bonds. The summed E-state index contributed by atoms with van der Waals surface area (Å²) in [5.41, 5.74) is 1.35. The Hall–Kier alpha value is -2.54. The molecule has 0 unspecified atom stereocenters. The van der Waals surface area contributed by atoms with Crippen molar-refractivity contribution in [3.63, 3.8) is 0 Å². The van der Waals surface area contributed by atoms with Gasteiger partial charge in [-0.05, 0) is 58.2 Å². The van der Waals surface area contributed by atoms with Crippen molar-refractivity contribution in [3.8, 4) is 5.82 Å². The molecule has 0 aliphatic heterocycles. The van der Waals surface area contributed by atoms with E-state index in [-0.39, 0.29) is 23.7 Å². The minimum absolute atomic E-state index is 0.00115. The topological polar surface area (TPSA) is 59.8 Å². The molecule has 25 heavy (non-hydrogen) atoms. The lowest BCUT2D eigenvalue weighted by molar-refractivity contribution is 0.0950. The molecule has 2 heterocycles. The predicted molar refractivity (Wildman–Crippen MR) is 94.1 cm³/mol. The summed E-state index contributed by atoms with van der Waals surface area (Å²) in [6, 6.07) is 10.3. The van der Waals surface area contributed by atoms with E-state index in [2.05, 4.69) is 31.3 Å². The first kappa shape index (κ1) is 16.0. The number of hydrogen-bond donors (Lipinski definition) is 1. The van der Waals surface area contributed by atoms with Gasteiger partial charge in [-0.1, -0.05) is 6.07 Å². The van der Waals surface area contributed by atoms with E-state index < -0.39 is 0 Å². The Morgan fingerprint density at radius 2 is 2.16 bits per heavy atom. The number of rotatable bonds is 4. The Bertz CT molecular complexity index is 929. The summed E-state index contributed by atoms with van der Waals surface area (Å²) in [5.74, 6) is 0.125. The second kappa shape index (κ2) is 6.40. The van der Waals surface area contributed by atoms with E-state index in [9.17, 15) is 9.18 Å². The zero-order valence-electron chi connectivity index (χ0n) is 13.1. The van der Waals surface area contributed by atoms with Crippen molar-refractivity contribution in [2.45, 2.75) is 18.4 Å². The molecule has 7 heteroatoms. The van der Waals surface area contributed by atoms with Gasteiger partial charge in [0.05, 0.1) is 10.0 Å². The molecule has 2 aromatic heterocycles. The second-order valence-electron chi connectivity index (χ2n) is 5.92. The first-order valence-electron chi connectivity index (χ1n) is 7.84. The van der Waals surface area contributed by atoms with Crippen LogP contribution in [0.3, 0.4) is 0 Å². The number of hydrogen-bond acceptors (Lipinski definition) is 3. The molecule has 0 bridgehead atoms. The summed E-state index contributed by atoms with van der Waals surface area (Å²) in [7, 11) is 0. The average Bonchev–Trinajstić information content (AvgIpc) is 3.16. The van der Waals surface area contributed by atoms with Gasteiger partial charge in [0.15, 0.2) is 5.82 Å². The molecule has 1 aliphatic rings. The van der Waals surface area contributed by atoms with E-state index in [0.717, 1.165) is 12.0 Å². The molecule has 1 saturated carbocycles. The number of carbonyl (C=O) groups excluding carboxylic acids is 1. The smallest absolute Gasteiger partial charge is 0.255 e. The SMILES string of the molecule is O=C(N[C@@H]1C[C@H]1c1ccc(Br)c(F)c1)c1cccnc1-n1cccn1. The van der Waals surface area contributed by atoms with E-state index in [0.29, 0.717) is 15.9 Å². The molecule has 0 radical (unpaired) electrons. The molecule has 1 fully saturated rings. The van der Waals surface area contributed by atoms with Crippen molar-refractivity contribution in [2.24, 2.45) is 0 Å². The minimum atomic E-state index is -0.289. The van der Waals surface area contributed by atoms with Gasteiger partial charge < -0.3 is 5.32 Å². The fraction of sp³-hybridized carbons (Fsp3) is 0.167. The number of amides is 1. The van der Waals surface area contributed by atoms with Crippen LogP contribution in [0, 0.1) is 5.82 Å². The highest BCUT2D eigenvalue weighted by Crippen LogP contribution is 2.41. The summed E-state index contributed by atoms with van der Waals surface area (Å²) in [6.45, 7) is 0. The van der Waals surface area contributed by atoms with Gasteiger partial charge in [-0.3, -0.25) is 4.79 Å². The van der Waals surface area contributed by atoms with Gasteiger partial charge in [0.2, 0.25) is 0 Å². The Labute approximate surface area is 152 Å². The van der Waals surface area contributed by atoms with Gasteiger partial charge in [-0.2, -0.15) is 5.10 Å². The van der Waals surface area contributed by atoms with E-state index in [1.54, 1.807) is 47.5 Å². The number of nitrogens with one attached hydrogen (secondary N) is 1. The lowest BCUT2D eigenvalue weighted by Crippen LogP contribution is -2.28. The summed E-state index contributed by atoms with van der Waals surface area (Å²) < 4.78 is 15.7. The third-order valence-corrected chi connectivity index (χ3v) is 4.87. The van der Waals surface area contributed by atoms with Gasteiger partial charge in [0.25, 0.3) is 5.91 Å². The van der Waals surface area contributed by atoms with Crippen molar-refractivity contribution in [2.75, 3.05) is 0 Å². The predicted octanol–water partition coefficient (Wildman–Crippen LogP) is 3.45. The van der Waals surface area contributed by atoms with Crippen LogP contribution in [-0.2, 0) is 0 Å². The van der Waals surface area contributed by atoms with Crippen LogP contribution in [0.25, 0.3) is 5.82 Å². The van der Waals surface area contributed by atoms with Gasteiger partial charge in [0.1, 0.15) is 5.82 Å². The summed E-state index contributed by atoms with van der Waals surface area (Å²) in [6.07, 6.45) is 5.79. The Morgan fingerprint density at radius 3 is 2.92 bits per heavy atom. The number of aromatic nitrogens is 3. The maximum Gasteiger partial charge on any atom is 0.255 e. The fourth-order valence-corrected chi connectivity index (χ4v) is 3.11. The van der Waals surface area contributed by atoms with Crippen molar-refractivity contribution < 1.29 is 9.18 Å². The largest absolute Gasteiger partial charge is 0.349 e. The van der Waals surface area contributed by atoms with Crippen LogP contribution < -0.4 is 5.32 Å². The van der Waals surface area contributed by atoms with E-state index >= 15 is 0 Å². The molecule has 1 aliphatic carbocycles. The lowest BCUT2D eigenvalue weighted by atomic mass is 10.1. The van der Waals surface area contributed by atoms with Crippen molar-refractivity contribution in [1.82, 2.24) is 20.1 Å². The van der Waals surface area contributed by atoms with E-state index in [4.69, 9.17) is 0 Å². The normalized spacial score (nSPS) is 18.8. The maximum absolute atomic E-state index is 13.7. The third-order valence-electron chi connectivity index (χ3n) is 4.23. The van der Waals surface area contributed by atoms with E-state index in [1.165, 1.54) is 6.07 Å². The van der Waals surface area contributed by atoms with Crippen LogP contribution >= 0.6 is 15.9 Å². The molecular weight excluding hydrogens is 387 g/mol. The molecule has 2 atom stereocenters. The average molecular weight is 401 g/mol. The number of benzene rings is 1. The van der Waals surface area contributed by atoms with Gasteiger partial charge in [0, 0.05) is 30.6 Å². The van der Waals surface area contributed by atoms with Gasteiger partial charge in [-0.25, -0.2) is 14.1 Å². The third kappa shape index (κ3) is 3.19. The highest BCUT2D eigenvalue weighted by Gasteiger charge is 2.40. The molecule has 4 rings (SSSR count). The lowest BCUT2D eigenvalue weighted by Gasteiger charge is -2.09. The quantitative estimate of drug-likeness (QED) is 0.729.